The Labute approximate surface area is 168 Å². The Kier molecular flexibility index (Phi) is 5.61. The maximum atomic E-state index is 5.64. The van der Waals surface area contributed by atoms with Crippen LogP contribution < -0.4 is 4.57 Å². The Morgan fingerprint density at radius 1 is 1.04 bits per heavy atom. The van der Waals surface area contributed by atoms with Crippen molar-refractivity contribution in [3.63, 3.8) is 0 Å². The molecule has 0 aliphatic carbocycles. The van der Waals surface area contributed by atoms with Gasteiger partial charge in [0, 0.05) is 40.0 Å². The van der Waals surface area contributed by atoms with E-state index in [1.165, 1.54) is 15.5 Å². The van der Waals surface area contributed by atoms with Gasteiger partial charge in [-0.3, -0.25) is 0 Å². The van der Waals surface area contributed by atoms with Gasteiger partial charge in [0.1, 0.15) is 7.05 Å². The minimum Gasteiger partial charge on any atom is -0.345 e. The van der Waals surface area contributed by atoms with Crippen LogP contribution >= 0.6 is 23.1 Å². The third-order valence-corrected chi connectivity index (χ3v) is 6.48. The monoisotopic (exact) mass is 394 g/mol. The first kappa shape index (κ1) is 18.3. The molecule has 0 spiro atoms. The number of pyridine rings is 1. The highest BCUT2D eigenvalue weighted by atomic mass is 32.2. The largest absolute Gasteiger partial charge is 0.345 e. The van der Waals surface area contributed by atoms with Crippen molar-refractivity contribution < 1.29 is 14.0 Å². The number of ether oxygens (including phenoxy) is 2. The summed E-state index contributed by atoms with van der Waals surface area (Å²) in [7, 11) is 2.03. The van der Waals surface area contributed by atoms with Gasteiger partial charge in [-0.2, -0.15) is 0 Å². The normalized spacial score (nSPS) is 14.1. The number of hydrogen-bond donors (Lipinski definition) is 0. The van der Waals surface area contributed by atoms with Crippen molar-refractivity contribution in [2.75, 3.05) is 13.2 Å². The molecule has 1 aromatic carbocycles. The number of aromatic nitrogens is 1. The van der Waals surface area contributed by atoms with Gasteiger partial charge in [-0.1, -0.05) is 23.6 Å². The molecule has 1 saturated heterocycles. The van der Waals surface area contributed by atoms with Crippen molar-refractivity contribution in [2.45, 2.75) is 23.0 Å². The van der Waals surface area contributed by atoms with Crippen LogP contribution in [0, 0.1) is 18.8 Å². The molecule has 3 heterocycles. The fourth-order valence-corrected chi connectivity index (χ4v) is 4.71. The summed E-state index contributed by atoms with van der Waals surface area (Å²) in [5.41, 5.74) is 3.23. The van der Waals surface area contributed by atoms with Gasteiger partial charge < -0.3 is 9.47 Å². The Bertz CT molecular complexity index is 993. The highest BCUT2D eigenvalue weighted by Gasteiger charge is 2.23. The van der Waals surface area contributed by atoms with E-state index >= 15 is 0 Å². The lowest BCUT2D eigenvalue weighted by molar-refractivity contribution is -0.677. The van der Waals surface area contributed by atoms with E-state index in [1.54, 1.807) is 23.1 Å². The average Bonchev–Trinajstić information content (AvgIpc) is 3.35. The molecule has 0 unspecified atom stereocenters. The fourth-order valence-electron chi connectivity index (χ4n) is 2.72. The molecule has 27 heavy (non-hydrogen) atoms. The SMILES string of the molecule is Cc1cc(C#Cc2ccc(Sc3ccsc3C3OCCO3)cc2)cc[n+]1C. The second-order valence-corrected chi connectivity index (χ2v) is 8.33. The molecule has 0 atom stereocenters. The third-order valence-electron chi connectivity index (χ3n) is 4.32. The maximum absolute atomic E-state index is 5.64. The fraction of sp³-hybridized carbons (Fsp3) is 0.227. The van der Waals surface area contributed by atoms with Crippen molar-refractivity contribution in [3.8, 4) is 11.8 Å². The second-order valence-electron chi connectivity index (χ2n) is 6.27. The first-order valence-electron chi connectivity index (χ1n) is 8.76. The topological polar surface area (TPSA) is 22.3 Å². The molecule has 3 aromatic rings. The van der Waals surface area contributed by atoms with Crippen molar-refractivity contribution in [2.24, 2.45) is 7.05 Å². The van der Waals surface area contributed by atoms with Gasteiger partial charge in [0.05, 0.1) is 18.1 Å². The minimum absolute atomic E-state index is 0.214. The average molecular weight is 395 g/mol. The van der Waals surface area contributed by atoms with Crippen LogP contribution in [-0.4, -0.2) is 13.2 Å². The molecular weight excluding hydrogens is 374 g/mol. The Balaban J connectivity index is 1.46. The molecular formula is C22H20NO2S2+. The van der Waals surface area contributed by atoms with Crippen molar-refractivity contribution in [1.29, 1.82) is 0 Å². The van der Waals surface area contributed by atoms with Crippen LogP contribution in [0.25, 0.3) is 0 Å². The zero-order chi connectivity index (χ0) is 18.6. The third kappa shape index (κ3) is 4.42. The Morgan fingerprint density at radius 3 is 2.52 bits per heavy atom. The van der Waals surface area contributed by atoms with Crippen LogP contribution in [0.1, 0.15) is 28.0 Å². The highest BCUT2D eigenvalue weighted by Crippen LogP contribution is 2.39. The van der Waals surface area contributed by atoms with Gasteiger partial charge in [0.15, 0.2) is 18.2 Å². The summed E-state index contributed by atoms with van der Waals surface area (Å²) in [5.74, 6) is 6.48. The van der Waals surface area contributed by atoms with Crippen LogP contribution in [-0.2, 0) is 16.5 Å². The molecule has 136 valence electrons. The molecule has 1 aliphatic heterocycles. The zero-order valence-corrected chi connectivity index (χ0v) is 16.9. The second kappa shape index (κ2) is 8.28. The predicted molar refractivity (Wildman–Crippen MR) is 108 cm³/mol. The molecule has 4 rings (SSSR count). The van der Waals surface area contributed by atoms with E-state index < -0.39 is 0 Å². The van der Waals surface area contributed by atoms with E-state index in [4.69, 9.17) is 9.47 Å². The van der Waals surface area contributed by atoms with Crippen molar-refractivity contribution in [1.82, 2.24) is 0 Å². The van der Waals surface area contributed by atoms with Gasteiger partial charge in [-0.15, -0.1) is 11.3 Å². The van der Waals surface area contributed by atoms with Gasteiger partial charge in [-0.05, 0) is 35.7 Å². The number of nitrogens with zero attached hydrogens (tertiary/aromatic N) is 1. The summed E-state index contributed by atoms with van der Waals surface area (Å²) < 4.78 is 13.4. The Morgan fingerprint density at radius 2 is 1.78 bits per heavy atom. The van der Waals surface area contributed by atoms with Crippen LogP contribution in [0.15, 0.2) is 63.8 Å². The quantitative estimate of drug-likeness (QED) is 0.483. The van der Waals surface area contributed by atoms with Crippen molar-refractivity contribution >= 4 is 23.1 Å². The molecule has 0 saturated carbocycles. The molecule has 0 bridgehead atoms. The summed E-state index contributed by atoms with van der Waals surface area (Å²) in [5, 5.41) is 2.09. The first-order valence-corrected chi connectivity index (χ1v) is 10.5. The number of thiophene rings is 1. The van der Waals surface area contributed by atoms with E-state index in [-0.39, 0.29) is 6.29 Å². The molecule has 0 N–H and O–H groups in total. The van der Waals surface area contributed by atoms with Crippen LogP contribution in [0.4, 0.5) is 0 Å². The van der Waals surface area contributed by atoms with Crippen LogP contribution in [0.3, 0.4) is 0 Å². The lowest BCUT2D eigenvalue weighted by Gasteiger charge is -2.09. The smallest absolute Gasteiger partial charge is 0.194 e. The zero-order valence-electron chi connectivity index (χ0n) is 15.3. The van der Waals surface area contributed by atoms with E-state index in [0.29, 0.717) is 13.2 Å². The summed E-state index contributed by atoms with van der Waals surface area (Å²) >= 11 is 3.42. The van der Waals surface area contributed by atoms with Crippen LogP contribution in [0.2, 0.25) is 0 Å². The lowest BCUT2D eigenvalue weighted by Crippen LogP contribution is -2.30. The minimum atomic E-state index is -0.214. The summed E-state index contributed by atoms with van der Waals surface area (Å²) in [6, 6.07) is 14.6. The number of rotatable bonds is 3. The maximum Gasteiger partial charge on any atom is 0.194 e. The molecule has 1 aliphatic rings. The summed E-state index contributed by atoms with van der Waals surface area (Å²) in [6.07, 6.45) is 1.82. The molecule has 0 amide bonds. The van der Waals surface area contributed by atoms with Crippen molar-refractivity contribution in [3.05, 3.63) is 75.7 Å². The Hall–Kier alpha value is -2.10. The lowest BCUT2D eigenvalue weighted by atomic mass is 10.2. The number of aryl methyl sites for hydroxylation is 2. The first-order chi connectivity index (χ1) is 13.2. The van der Waals surface area contributed by atoms with Gasteiger partial charge >= 0.3 is 0 Å². The van der Waals surface area contributed by atoms with Gasteiger partial charge in [0.2, 0.25) is 0 Å². The summed E-state index contributed by atoms with van der Waals surface area (Å²) in [4.78, 5) is 3.52. The van der Waals surface area contributed by atoms with Gasteiger partial charge in [0.25, 0.3) is 0 Å². The van der Waals surface area contributed by atoms with E-state index in [2.05, 4.69) is 65.1 Å². The van der Waals surface area contributed by atoms with E-state index in [1.807, 2.05) is 19.3 Å². The standard InChI is InChI=1S/C22H20NO2S2/c1-16-15-18(9-11-23(16)2)4-3-17-5-7-19(8-6-17)27-20-10-14-26-21(20)22-24-12-13-25-22/h5-11,14-15,22H,12-13H2,1-2H3/q+1. The van der Waals surface area contributed by atoms with E-state index in [9.17, 15) is 0 Å². The molecule has 1 fully saturated rings. The van der Waals surface area contributed by atoms with E-state index in [0.717, 1.165) is 16.0 Å². The predicted octanol–water partition coefficient (Wildman–Crippen LogP) is 4.48. The number of hydrogen-bond acceptors (Lipinski definition) is 4. The molecule has 5 heteroatoms. The molecule has 2 aromatic heterocycles. The van der Waals surface area contributed by atoms with Crippen LogP contribution in [0.5, 0.6) is 0 Å². The molecule has 3 nitrogen and oxygen atoms in total. The molecule has 0 radical (unpaired) electrons. The summed E-state index contributed by atoms with van der Waals surface area (Å²) in [6.45, 7) is 3.41. The highest BCUT2D eigenvalue weighted by molar-refractivity contribution is 7.99. The number of benzene rings is 1. The van der Waals surface area contributed by atoms with Gasteiger partial charge in [-0.25, -0.2) is 4.57 Å².